The summed E-state index contributed by atoms with van der Waals surface area (Å²) in [6.07, 6.45) is -7.21. The first-order valence-corrected chi connectivity index (χ1v) is 6.11. The fourth-order valence-electron chi connectivity index (χ4n) is 1.80. The molecule has 1 aromatic carbocycles. The van der Waals surface area contributed by atoms with E-state index in [9.17, 15) is 26.3 Å². The van der Waals surface area contributed by atoms with Gasteiger partial charge in [0.1, 0.15) is 6.54 Å². The molecular weight excluding hydrogens is 336 g/mol. The van der Waals surface area contributed by atoms with Crippen LogP contribution < -0.4 is 5.73 Å². The molecule has 1 heterocycles. The lowest BCUT2D eigenvalue weighted by Gasteiger charge is -2.13. The summed E-state index contributed by atoms with van der Waals surface area (Å²) in [6, 6.07) is 1.86. The maximum Gasteiger partial charge on any atom is 0.418 e. The monoisotopic (exact) mass is 343 g/mol. The second-order valence-electron chi connectivity index (χ2n) is 4.46. The summed E-state index contributed by atoms with van der Waals surface area (Å²) in [5, 5.41) is 3.12. The van der Waals surface area contributed by atoms with Crippen LogP contribution in [0.4, 0.5) is 32.0 Å². The van der Waals surface area contributed by atoms with E-state index >= 15 is 0 Å². The first kappa shape index (κ1) is 16.5. The van der Waals surface area contributed by atoms with Crippen LogP contribution in [0.2, 0.25) is 5.02 Å². The Morgan fingerprint density at radius 1 is 1.09 bits per heavy atom. The van der Waals surface area contributed by atoms with Crippen molar-refractivity contribution in [1.29, 1.82) is 0 Å². The van der Waals surface area contributed by atoms with Crippen molar-refractivity contribution >= 4 is 17.3 Å². The number of halogens is 7. The van der Waals surface area contributed by atoms with Crippen LogP contribution in [0.25, 0.3) is 11.1 Å². The Balaban J connectivity index is 2.44. The van der Waals surface area contributed by atoms with Crippen LogP contribution in [0.3, 0.4) is 0 Å². The van der Waals surface area contributed by atoms with Crippen molar-refractivity contribution in [2.75, 3.05) is 5.73 Å². The summed E-state index contributed by atoms with van der Waals surface area (Å²) in [5.41, 5.74) is 3.53. The van der Waals surface area contributed by atoms with Gasteiger partial charge in [-0.1, -0.05) is 11.6 Å². The summed E-state index contributed by atoms with van der Waals surface area (Å²) in [5.74, 6) is 0. The first-order chi connectivity index (χ1) is 9.97. The molecule has 2 aromatic rings. The highest BCUT2D eigenvalue weighted by Gasteiger charge is 2.34. The van der Waals surface area contributed by atoms with Crippen molar-refractivity contribution in [3.8, 4) is 11.1 Å². The Bertz CT molecular complexity index is 689. The minimum Gasteiger partial charge on any atom is -0.397 e. The first-order valence-electron chi connectivity index (χ1n) is 5.73. The lowest BCUT2D eigenvalue weighted by atomic mass is 10.0. The molecule has 0 atom stereocenters. The fraction of sp³-hybridized carbons (Fsp3) is 0.250. The molecule has 3 nitrogen and oxygen atoms in total. The number of alkyl halides is 6. The molecule has 10 heteroatoms. The van der Waals surface area contributed by atoms with Crippen molar-refractivity contribution < 1.29 is 26.3 Å². The number of anilines is 1. The van der Waals surface area contributed by atoms with Gasteiger partial charge in [-0.3, -0.25) is 4.68 Å². The van der Waals surface area contributed by atoms with Gasteiger partial charge in [0.15, 0.2) is 0 Å². The minimum atomic E-state index is -4.73. The second kappa shape index (κ2) is 5.38. The Labute approximate surface area is 125 Å². The van der Waals surface area contributed by atoms with Crippen LogP contribution in [0, 0.1) is 0 Å². The number of nitrogens with zero attached hydrogens (tertiary/aromatic N) is 2. The predicted molar refractivity (Wildman–Crippen MR) is 68.1 cm³/mol. The third-order valence-corrected chi connectivity index (χ3v) is 3.06. The van der Waals surface area contributed by atoms with E-state index in [-0.39, 0.29) is 16.1 Å². The number of hydrogen-bond donors (Lipinski definition) is 1. The Morgan fingerprint density at radius 3 is 2.27 bits per heavy atom. The topological polar surface area (TPSA) is 43.8 Å². The maximum absolute atomic E-state index is 12.8. The molecule has 0 unspecified atom stereocenters. The van der Waals surface area contributed by atoms with E-state index in [2.05, 4.69) is 5.10 Å². The Morgan fingerprint density at radius 2 is 1.73 bits per heavy atom. The molecular formula is C12H8ClF6N3. The van der Waals surface area contributed by atoms with Crippen molar-refractivity contribution in [3.05, 3.63) is 35.1 Å². The summed E-state index contributed by atoms with van der Waals surface area (Å²) in [4.78, 5) is 0. The molecule has 0 radical (unpaired) electrons. The molecule has 0 spiro atoms. The number of benzene rings is 1. The highest BCUT2D eigenvalue weighted by Crippen LogP contribution is 2.40. The third-order valence-electron chi connectivity index (χ3n) is 2.74. The van der Waals surface area contributed by atoms with Crippen LogP contribution in [0.1, 0.15) is 5.56 Å². The molecule has 0 fully saturated rings. The molecule has 0 saturated carbocycles. The lowest BCUT2D eigenvalue weighted by Crippen LogP contribution is -2.17. The largest absolute Gasteiger partial charge is 0.418 e. The van der Waals surface area contributed by atoms with E-state index in [0.29, 0.717) is 4.68 Å². The molecule has 22 heavy (non-hydrogen) atoms. The van der Waals surface area contributed by atoms with Gasteiger partial charge in [0.25, 0.3) is 0 Å². The van der Waals surface area contributed by atoms with Crippen LogP contribution in [0.5, 0.6) is 0 Å². The second-order valence-corrected chi connectivity index (χ2v) is 4.87. The molecule has 2 N–H and O–H groups in total. The number of hydrogen-bond acceptors (Lipinski definition) is 2. The Kier molecular flexibility index (Phi) is 4.03. The van der Waals surface area contributed by atoms with E-state index in [0.717, 1.165) is 24.5 Å². The van der Waals surface area contributed by atoms with Crippen molar-refractivity contribution in [2.45, 2.75) is 18.9 Å². The molecule has 2 rings (SSSR count). The van der Waals surface area contributed by atoms with E-state index < -0.39 is 30.1 Å². The number of nitrogens with two attached hydrogens (primary N) is 1. The zero-order valence-electron chi connectivity index (χ0n) is 10.6. The van der Waals surface area contributed by atoms with Crippen LogP contribution in [0.15, 0.2) is 24.5 Å². The molecule has 1 aromatic heterocycles. The zero-order valence-corrected chi connectivity index (χ0v) is 11.4. The standard InChI is InChI=1S/C12H8ClF6N3/c13-9-2-6(1-8(10(9)20)12(17,18)19)7-3-21-22(4-7)5-11(14,15)16/h1-4H,5,20H2. The van der Waals surface area contributed by atoms with Crippen LogP contribution >= 0.6 is 11.6 Å². The quantitative estimate of drug-likeness (QED) is 0.650. The summed E-state index contributed by atoms with van der Waals surface area (Å²) < 4.78 is 75.8. The average molecular weight is 344 g/mol. The van der Waals surface area contributed by atoms with Crippen LogP contribution in [-0.2, 0) is 12.7 Å². The average Bonchev–Trinajstić information content (AvgIpc) is 2.76. The van der Waals surface area contributed by atoms with Crippen LogP contribution in [-0.4, -0.2) is 16.0 Å². The fourth-order valence-corrected chi connectivity index (χ4v) is 2.02. The minimum absolute atomic E-state index is 0.0278. The van der Waals surface area contributed by atoms with E-state index in [1.807, 2.05) is 0 Å². The lowest BCUT2D eigenvalue weighted by molar-refractivity contribution is -0.142. The van der Waals surface area contributed by atoms with Gasteiger partial charge in [0.2, 0.25) is 0 Å². The van der Waals surface area contributed by atoms with E-state index in [4.69, 9.17) is 17.3 Å². The maximum atomic E-state index is 12.8. The van der Waals surface area contributed by atoms with Gasteiger partial charge >= 0.3 is 12.4 Å². The normalized spacial score (nSPS) is 12.7. The van der Waals surface area contributed by atoms with Gasteiger partial charge in [0.05, 0.1) is 22.5 Å². The van der Waals surface area contributed by atoms with Gasteiger partial charge in [0, 0.05) is 11.8 Å². The van der Waals surface area contributed by atoms with Gasteiger partial charge in [-0.25, -0.2) is 0 Å². The zero-order chi connectivity index (χ0) is 16.7. The number of aromatic nitrogens is 2. The van der Waals surface area contributed by atoms with Gasteiger partial charge < -0.3 is 5.73 Å². The summed E-state index contributed by atoms with van der Waals surface area (Å²) in [6.45, 7) is -1.35. The number of rotatable bonds is 2. The van der Waals surface area contributed by atoms with E-state index in [1.165, 1.54) is 0 Å². The molecule has 0 bridgehead atoms. The molecule has 0 aliphatic heterocycles. The van der Waals surface area contributed by atoms with Crippen molar-refractivity contribution in [1.82, 2.24) is 9.78 Å². The van der Waals surface area contributed by atoms with Crippen molar-refractivity contribution in [3.63, 3.8) is 0 Å². The molecule has 0 aliphatic carbocycles. The van der Waals surface area contributed by atoms with Gasteiger partial charge in [-0.15, -0.1) is 0 Å². The van der Waals surface area contributed by atoms with Gasteiger partial charge in [-0.2, -0.15) is 31.4 Å². The highest BCUT2D eigenvalue weighted by molar-refractivity contribution is 6.33. The highest BCUT2D eigenvalue weighted by atomic mass is 35.5. The molecule has 0 aliphatic rings. The number of nitrogen functional groups attached to an aromatic ring is 1. The molecule has 0 amide bonds. The van der Waals surface area contributed by atoms with E-state index in [1.54, 1.807) is 0 Å². The Hall–Kier alpha value is -1.90. The van der Waals surface area contributed by atoms with Crippen molar-refractivity contribution in [2.24, 2.45) is 0 Å². The smallest absolute Gasteiger partial charge is 0.397 e. The summed E-state index contributed by atoms with van der Waals surface area (Å²) in [7, 11) is 0. The molecule has 0 saturated heterocycles. The SMILES string of the molecule is Nc1c(Cl)cc(-c2cnn(CC(F)(F)F)c2)cc1C(F)(F)F. The summed E-state index contributed by atoms with van der Waals surface area (Å²) >= 11 is 5.66. The molecule has 120 valence electrons. The third kappa shape index (κ3) is 3.65. The van der Waals surface area contributed by atoms with Gasteiger partial charge in [-0.05, 0) is 17.7 Å². The predicted octanol–water partition coefficient (Wildman–Crippen LogP) is 4.37.